The number of carbonyl (C=O) groups excluding carboxylic acids is 1. The molecule has 0 amide bonds. The van der Waals surface area contributed by atoms with Gasteiger partial charge in [0.1, 0.15) is 11.8 Å². The van der Waals surface area contributed by atoms with Gasteiger partial charge in [-0.25, -0.2) is 0 Å². The summed E-state index contributed by atoms with van der Waals surface area (Å²) in [5.74, 6) is -1.12. The molecule has 4 nitrogen and oxygen atoms in total. The number of ketones is 1. The van der Waals surface area contributed by atoms with Gasteiger partial charge in [0, 0.05) is 12.8 Å². The molecule has 0 bridgehead atoms. The summed E-state index contributed by atoms with van der Waals surface area (Å²) in [4.78, 5) is 22.1. The van der Waals surface area contributed by atoms with Gasteiger partial charge in [-0.2, -0.15) is 0 Å². The first kappa shape index (κ1) is 24.1. The summed E-state index contributed by atoms with van der Waals surface area (Å²) < 4.78 is 0. The number of aliphatic carboxylic acids is 1. The Kier molecular flexibility index (Phi) is 17.3. The molecule has 0 saturated heterocycles. The van der Waals surface area contributed by atoms with Crippen LogP contribution in [-0.2, 0) is 9.59 Å². The van der Waals surface area contributed by atoms with E-state index in [9.17, 15) is 9.59 Å². The minimum absolute atomic E-state index is 0.0235. The molecule has 3 N–H and O–H groups in total. The first-order valence-corrected chi connectivity index (χ1v) is 10.6. The average molecular weight is 356 g/mol. The molecule has 0 saturated carbocycles. The Balaban J connectivity index is 3.19. The number of hydrogen-bond acceptors (Lipinski definition) is 3. The molecular weight excluding hydrogens is 314 g/mol. The largest absolute Gasteiger partial charge is 0.480 e. The van der Waals surface area contributed by atoms with Crippen molar-refractivity contribution in [3.8, 4) is 0 Å². The number of hydrogen-bond donors (Lipinski definition) is 2. The van der Waals surface area contributed by atoms with E-state index in [-0.39, 0.29) is 12.2 Å². The van der Waals surface area contributed by atoms with Gasteiger partial charge in [-0.1, -0.05) is 96.8 Å². The maximum atomic E-state index is 11.5. The van der Waals surface area contributed by atoms with Crippen LogP contribution >= 0.6 is 0 Å². The molecule has 0 aromatic rings. The van der Waals surface area contributed by atoms with Gasteiger partial charge in [0.05, 0.1) is 0 Å². The Bertz CT molecular complexity index is 331. The third kappa shape index (κ3) is 17.7. The van der Waals surface area contributed by atoms with Crippen molar-refractivity contribution in [1.82, 2.24) is 0 Å². The number of nitrogens with two attached hydrogens (primary N) is 1. The van der Waals surface area contributed by atoms with Gasteiger partial charge in [-0.05, 0) is 6.42 Å². The zero-order chi connectivity index (χ0) is 18.8. The van der Waals surface area contributed by atoms with Gasteiger partial charge in [-0.3, -0.25) is 9.59 Å². The van der Waals surface area contributed by atoms with Crippen LogP contribution in [0.15, 0.2) is 0 Å². The lowest BCUT2D eigenvalue weighted by Crippen LogP contribution is -2.32. The SMILES string of the molecule is CCCCCCCCCCCCCCCCCC(=O)C[C@@H](N)C(=O)O. The maximum absolute atomic E-state index is 11.5. The zero-order valence-corrected chi connectivity index (χ0v) is 16.4. The second kappa shape index (κ2) is 17.9. The highest BCUT2D eigenvalue weighted by molar-refractivity contribution is 5.85. The van der Waals surface area contributed by atoms with E-state index in [1.807, 2.05) is 0 Å². The summed E-state index contributed by atoms with van der Waals surface area (Å²) in [5, 5.41) is 8.66. The molecule has 0 aliphatic rings. The fourth-order valence-corrected chi connectivity index (χ4v) is 3.13. The number of carboxylic acids is 1. The van der Waals surface area contributed by atoms with Gasteiger partial charge in [0.2, 0.25) is 0 Å². The lowest BCUT2D eigenvalue weighted by atomic mass is 10.0. The van der Waals surface area contributed by atoms with Crippen molar-refractivity contribution in [2.24, 2.45) is 5.73 Å². The number of rotatable bonds is 19. The molecular formula is C21H41NO3. The number of unbranched alkanes of at least 4 members (excludes halogenated alkanes) is 14. The standard InChI is InChI=1S/C21H41NO3/c1-2-3-4-5-6-7-8-9-10-11-12-13-14-15-16-17-19(23)18-20(22)21(24)25/h20H,2-18,22H2,1H3,(H,24,25)/t20-/m1/s1. The van der Waals surface area contributed by atoms with Crippen LogP contribution in [0.5, 0.6) is 0 Å². The zero-order valence-electron chi connectivity index (χ0n) is 16.4. The smallest absolute Gasteiger partial charge is 0.320 e. The van der Waals surface area contributed by atoms with Crippen molar-refractivity contribution in [3.63, 3.8) is 0 Å². The molecule has 0 rings (SSSR count). The Hall–Kier alpha value is -0.900. The second-order valence-corrected chi connectivity index (χ2v) is 7.39. The van der Waals surface area contributed by atoms with E-state index in [2.05, 4.69) is 6.92 Å². The van der Waals surface area contributed by atoms with E-state index < -0.39 is 12.0 Å². The van der Waals surface area contributed by atoms with E-state index >= 15 is 0 Å². The highest BCUT2D eigenvalue weighted by atomic mass is 16.4. The summed E-state index contributed by atoms with van der Waals surface area (Å²) in [6, 6.07) is -1.04. The van der Waals surface area contributed by atoms with Gasteiger partial charge in [0.25, 0.3) is 0 Å². The topological polar surface area (TPSA) is 80.4 Å². The van der Waals surface area contributed by atoms with E-state index in [1.165, 1.54) is 83.5 Å². The predicted molar refractivity (Wildman–Crippen MR) is 105 cm³/mol. The summed E-state index contributed by atoms with van der Waals surface area (Å²) in [6.45, 7) is 2.26. The number of carbonyl (C=O) groups is 2. The molecule has 0 spiro atoms. The first-order valence-electron chi connectivity index (χ1n) is 10.6. The fraction of sp³-hybridized carbons (Fsp3) is 0.905. The molecule has 0 unspecified atom stereocenters. The minimum Gasteiger partial charge on any atom is -0.480 e. The van der Waals surface area contributed by atoms with Gasteiger partial charge in [-0.15, -0.1) is 0 Å². The molecule has 148 valence electrons. The molecule has 0 aromatic carbocycles. The van der Waals surface area contributed by atoms with Crippen molar-refractivity contribution >= 4 is 11.8 Å². The Morgan fingerprint density at radius 2 is 1.08 bits per heavy atom. The maximum Gasteiger partial charge on any atom is 0.320 e. The summed E-state index contributed by atoms with van der Waals surface area (Å²) in [6.07, 6.45) is 19.9. The summed E-state index contributed by atoms with van der Waals surface area (Å²) in [7, 11) is 0. The lowest BCUT2D eigenvalue weighted by Gasteiger charge is -2.05. The van der Waals surface area contributed by atoms with E-state index in [4.69, 9.17) is 10.8 Å². The Morgan fingerprint density at radius 1 is 0.720 bits per heavy atom. The monoisotopic (exact) mass is 355 g/mol. The van der Waals surface area contributed by atoms with Crippen LogP contribution in [-0.4, -0.2) is 22.9 Å². The van der Waals surface area contributed by atoms with Crippen molar-refractivity contribution in [1.29, 1.82) is 0 Å². The molecule has 0 radical (unpaired) electrons. The summed E-state index contributed by atoms with van der Waals surface area (Å²) >= 11 is 0. The van der Waals surface area contributed by atoms with E-state index in [0.717, 1.165) is 12.8 Å². The average Bonchev–Trinajstić information content (AvgIpc) is 2.58. The van der Waals surface area contributed by atoms with Crippen molar-refractivity contribution < 1.29 is 14.7 Å². The van der Waals surface area contributed by atoms with Crippen LogP contribution in [0.1, 0.15) is 116 Å². The van der Waals surface area contributed by atoms with Gasteiger partial charge < -0.3 is 10.8 Å². The highest BCUT2D eigenvalue weighted by Gasteiger charge is 2.15. The van der Waals surface area contributed by atoms with Gasteiger partial charge >= 0.3 is 5.97 Å². The van der Waals surface area contributed by atoms with Crippen LogP contribution in [0.25, 0.3) is 0 Å². The van der Waals surface area contributed by atoms with Gasteiger partial charge in [0.15, 0.2) is 0 Å². The fourth-order valence-electron chi connectivity index (χ4n) is 3.13. The molecule has 0 aliphatic heterocycles. The molecule has 0 fully saturated rings. The Labute approximate surface area is 154 Å². The van der Waals surface area contributed by atoms with Crippen LogP contribution < -0.4 is 5.73 Å². The minimum atomic E-state index is -1.09. The first-order chi connectivity index (χ1) is 12.1. The third-order valence-corrected chi connectivity index (χ3v) is 4.82. The van der Waals surface area contributed by atoms with Crippen LogP contribution in [0.3, 0.4) is 0 Å². The van der Waals surface area contributed by atoms with E-state index in [1.54, 1.807) is 0 Å². The van der Waals surface area contributed by atoms with Crippen LogP contribution in [0, 0.1) is 0 Å². The molecule has 4 heteroatoms. The van der Waals surface area contributed by atoms with Crippen LogP contribution in [0.2, 0.25) is 0 Å². The molecule has 0 aliphatic carbocycles. The number of Topliss-reactive ketones (excluding diaryl/α,β-unsaturated/α-hetero) is 1. The predicted octanol–water partition coefficient (Wildman–Crippen LogP) is 5.62. The third-order valence-electron chi connectivity index (χ3n) is 4.82. The van der Waals surface area contributed by atoms with Crippen LogP contribution in [0.4, 0.5) is 0 Å². The van der Waals surface area contributed by atoms with Crippen molar-refractivity contribution in [2.75, 3.05) is 0 Å². The Morgan fingerprint density at radius 3 is 1.44 bits per heavy atom. The quantitative estimate of drug-likeness (QED) is 0.295. The number of carboxylic acid groups (broad SMARTS) is 1. The van der Waals surface area contributed by atoms with Crippen molar-refractivity contribution in [2.45, 2.75) is 122 Å². The summed E-state index contributed by atoms with van der Waals surface area (Å²) in [5.41, 5.74) is 5.35. The molecule has 0 heterocycles. The lowest BCUT2D eigenvalue weighted by molar-refractivity contribution is -0.140. The second-order valence-electron chi connectivity index (χ2n) is 7.39. The molecule has 25 heavy (non-hydrogen) atoms. The molecule has 1 atom stereocenters. The van der Waals surface area contributed by atoms with E-state index in [0.29, 0.717) is 6.42 Å². The highest BCUT2D eigenvalue weighted by Crippen LogP contribution is 2.14. The molecule has 0 aromatic heterocycles. The van der Waals surface area contributed by atoms with Crippen molar-refractivity contribution in [3.05, 3.63) is 0 Å². The normalized spacial score (nSPS) is 12.2.